The number of rotatable bonds is 3. The number of para-hydroxylation sites is 1. The summed E-state index contributed by atoms with van der Waals surface area (Å²) in [5, 5.41) is 0. The fourth-order valence-corrected chi connectivity index (χ4v) is 3.47. The van der Waals surface area contributed by atoms with Gasteiger partial charge in [0.25, 0.3) is 0 Å². The van der Waals surface area contributed by atoms with Gasteiger partial charge in [-0.3, -0.25) is 0 Å². The second-order valence-corrected chi connectivity index (χ2v) is 5.84. The molecule has 3 rings (SSSR count). The highest BCUT2D eigenvalue weighted by molar-refractivity contribution is 8.03. The van der Waals surface area contributed by atoms with E-state index >= 15 is 0 Å². The summed E-state index contributed by atoms with van der Waals surface area (Å²) in [6.45, 7) is 11.9. The van der Waals surface area contributed by atoms with Crippen molar-refractivity contribution in [1.29, 1.82) is 0 Å². The fourth-order valence-electron chi connectivity index (χ4n) is 2.46. The van der Waals surface area contributed by atoms with Crippen LogP contribution in [0.2, 0.25) is 0 Å². The minimum Gasteiger partial charge on any atom is -0.308 e. The Hall–Kier alpha value is -2.63. The molecule has 0 fully saturated rings. The van der Waals surface area contributed by atoms with Crippen molar-refractivity contribution in [2.45, 2.75) is 18.7 Å². The molecule has 2 aromatic carbocycles. The van der Waals surface area contributed by atoms with Crippen LogP contribution in [0.4, 0.5) is 11.4 Å². The predicted molar refractivity (Wildman–Crippen MR) is 108 cm³/mol. The number of anilines is 2. The van der Waals surface area contributed by atoms with Gasteiger partial charge in [-0.05, 0) is 42.5 Å². The minimum atomic E-state index is 0.872. The van der Waals surface area contributed by atoms with Crippen LogP contribution in [0, 0.1) is 12.3 Å². The number of nitrogens with zero attached hydrogens (tertiary/aromatic N) is 1. The normalized spacial score (nSPS) is 12.5. The van der Waals surface area contributed by atoms with Gasteiger partial charge in [0.05, 0.1) is 11.4 Å². The van der Waals surface area contributed by atoms with E-state index in [1.165, 1.54) is 4.90 Å². The Balaban J connectivity index is 0.00000100. The van der Waals surface area contributed by atoms with Gasteiger partial charge in [-0.15, -0.1) is 6.42 Å². The highest BCUT2D eigenvalue weighted by Crippen LogP contribution is 2.47. The third kappa shape index (κ3) is 3.32. The smallest absolute Gasteiger partial charge is 0.0601 e. The Kier molecular flexibility index (Phi) is 6.12. The maximum Gasteiger partial charge on any atom is 0.0601 e. The van der Waals surface area contributed by atoms with Gasteiger partial charge in [0.2, 0.25) is 0 Å². The average Bonchev–Trinajstić information content (AvgIpc) is 2.68. The van der Waals surface area contributed by atoms with E-state index in [2.05, 4.69) is 36.1 Å². The third-order valence-corrected chi connectivity index (χ3v) is 4.65. The summed E-state index contributed by atoms with van der Waals surface area (Å²) < 4.78 is 0. The summed E-state index contributed by atoms with van der Waals surface area (Å²) in [4.78, 5) is 4.48. The average molecular weight is 331 g/mol. The first kappa shape index (κ1) is 17.7. The minimum absolute atomic E-state index is 0.872. The SMILES string of the molecule is C#Cc1ccc(N2C(C=C)=C(C=C)Sc3ccccc32)cc1.CC. The standard InChI is InChI=1S/C20H15NS.C2H6/c1-4-15-11-13-16(14-12-15)21-17(5-2)19(6-3)22-20-10-8-7-9-18(20)21;1-2/h1,5-14H,2-3H2;1-2H3. The fraction of sp³-hybridized carbons (Fsp3) is 0.0909. The first-order chi connectivity index (χ1) is 11.8. The summed E-state index contributed by atoms with van der Waals surface area (Å²) >= 11 is 1.71. The summed E-state index contributed by atoms with van der Waals surface area (Å²) in [5.41, 5.74) is 4.10. The van der Waals surface area contributed by atoms with Crippen molar-refractivity contribution in [1.82, 2.24) is 0 Å². The van der Waals surface area contributed by atoms with Crippen molar-refractivity contribution in [3.8, 4) is 12.3 Å². The lowest BCUT2D eigenvalue weighted by Gasteiger charge is -2.33. The monoisotopic (exact) mass is 331 g/mol. The van der Waals surface area contributed by atoms with Crippen LogP contribution in [0.3, 0.4) is 0 Å². The molecule has 0 saturated heterocycles. The quantitative estimate of drug-likeness (QED) is 0.589. The summed E-state index contributed by atoms with van der Waals surface area (Å²) in [6, 6.07) is 16.3. The molecule has 0 saturated carbocycles. The Morgan fingerprint density at radius 1 is 1.00 bits per heavy atom. The number of terminal acetylenes is 1. The van der Waals surface area contributed by atoms with Gasteiger partial charge in [-0.25, -0.2) is 0 Å². The molecule has 0 radical (unpaired) electrons. The van der Waals surface area contributed by atoms with E-state index in [1.807, 2.05) is 62.4 Å². The maximum absolute atomic E-state index is 5.45. The number of thioether (sulfide) groups is 1. The van der Waals surface area contributed by atoms with E-state index in [0.717, 1.165) is 27.5 Å². The number of benzene rings is 2. The van der Waals surface area contributed by atoms with Crippen molar-refractivity contribution in [2.75, 3.05) is 4.90 Å². The van der Waals surface area contributed by atoms with Gasteiger partial charge in [0, 0.05) is 21.1 Å². The molecule has 0 bridgehead atoms. The summed E-state index contributed by atoms with van der Waals surface area (Å²) in [5.74, 6) is 2.65. The van der Waals surface area contributed by atoms with Crippen LogP contribution in [-0.2, 0) is 0 Å². The van der Waals surface area contributed by atoms with Crippen LogP contribution in [0.1, 0.15) is 19.4 Å². The number of allylic oxidation sites excluding steroid dienone is 2. The second-order valence-electron chi connectivity index (χ2n) is 4.75. The van der Waals surface area contributed by atoms with Gasteiger partial charge in [0.15, 0.2) is 0 Å². The molecular weight excluding hydrogens is 310 g/mol. The topological polar surface area (TPSA) is 3.24 Å². The molecular formula is C22H21NS. The highest BCUT2D eigenvalue weighted by atomic mass is 32.2. The van der Waals surface area contributed by atoms with Crippen molar-refractivity contribution < 1.29 is 0 Å². The van der Waals surface area contributed by atoms with Crippen LogP contribution in [0.5, 0.6) is 0 Å². The first-order valence-corrected chi connectivity index (χ1v) is 8.73. The highest BCUT2D eigenvalue weighted by Gasteiger charge is 2.23. The van der Waals surface area contributed by atoms with E-state index in [0.29, 0.717) is 0 Å². The molecule has 0 N–H and O–H groups in total. The zero-order valence-electron chi connectivity index (χ0n) is 14.1. The number of hydrogen-bond donors (Lipinski definition) is 0. The summed E-state index contributed by atoms with van der Waals surface area (Å²) in [7, 11) is 0. The lowest BCUT2D eigenvalue weighted by atomic mass is 10.1. The van der Waals surface area contributed by atoms with Crippen molar-refractivity contribution in [3.63, 3.8) is 0 Å². The van der Waals surface area contributed by atoms with Crippen molar-refractivity contribution in [2.24, 2.45) is 0 Å². The molecule has 120 valence electrons. The zero-order chi connectivity index (χ0) is 17.5. The molecule has 24 heavy (non-hydrogen) atoms. The van der Waals surface area contributed by atoms with E-state index in [9.17, 15) is 0 Å². The third-order valence-electron chi connectivity index (χ3n) is 3.49. The molecule has 1 aliphatic heterocycles. The molecule has 0 unspecified atom stereocenters. The largest absolute Gasteiger partial charge is 0.308 e. The molecule has 0 atom stereocenters. The Morgan fingerprint density at radius 2 is 1.67 bits per heavy atom. The first-order valence-electron chi connectivity index (χ1n) is 7.91. The number of fused-ring (bicyclic) bond motifs is 1. The lowest BCUT2D eigenvalue weighted by molar-refractivity contribution is 1.15. The lowest BCUT2D eigenvalue weighted by Crippen LogP contribution is -2.19. The molecule has 1 aliphatic rings. The molecule has 0 aliphatic carbocycles. The van der Waals surface area contributed by atoms with Crippen LogP contribution in [0.25, 0.3) is 0 Å². The van der Waals surface area contributed by atoms with Gasteiger partial charge in [-0.2, -0.15) is 0 Å². The second kappa shape index (κ2) is 8.29. The molecule has 0 aromatic heterocycles. The molecule has 0 amide bonds. The van der Waals surface area contributed by atoms with E-state index < -0.39 is 0 Å². The van der Waals surface area contributed by atoms with E-state index in [4.69, 9.17) is 6.42 Å². The molecule has 0 spiro atoms. The Bertz CT molecular complexity index is 807. The Morgan fingerprint density at radius 3 is 2.25 bits per heavy atom. The van der Waals surface area contributed by atoms with Crippen LogP contribution in [0.15, 0.2) is 89.3 Å². The van der Waals surface area contributed by atoms with Crippen LogP contribution < -0.4 is 4.90 Å². The predicted octanol–water partition coefficient (Wildman–Crippen LogP) is 6.52. The van der Waals surface area contributed by atoms with E-state index in [1.54, 1.807) is 11.8 Å². The summed E-state index contributed by atoms with van der Waals surface area (Å²) in [6.07, 6.45) is 9.19. The Labute approximate surface area is 149 Å². The molecule has 1 nitrogen and oxygen atoms in total. The van der Waals surface area contributed by atoms with Gasteiger partial charge in [0.1, 0.15) is 0 Å². The molecule has 1 heterocycles. The molecule has 2 aromatic rings. The maximum atomic E-state index is 5.45. The zero-order valence-corrected chi connectivity index (χ0v) is 14.9. The van der Waals surface area contributed by atoms with E-state index in [-0.39, 0.29) is 0 Å². The van der Waals surface area contributed by atoms with Crippen LogP contribution in [-0.4, -0.2) is 0 Å². The van der Waals surface area contributed by atoms with Gasteiger partial charge in [-0.1, -0.05) is 62.9 Å². The van der Waals surface area contributed by atoms with Gasteiger partial charge < -0.3 is 4.90 Å². The van der Waals surface area contributed by atoms with Crippen molar-refractivity contribution in [3.05, 3.63) is 90.0 Å². The van der Waals surface area contributed by atoms with Crippen molar-refractivity contribution >= 4 is 23.1 Å². The van der Waals surface area contributed by atoms with Gasteiger partial charge >= 0.3 is 0 Å². The molecule has 2 heteroatoms. The number of hydrogen-bond acceptors (Lipinski definition) is 2. The van der Waals surface area contributed by atoms with Crippen LogP contribution >= 0.6 is 11.8 Å².